The van der Waals surface area contributed by atoms with Crippen LogP contribution in [0.1, 0.15) is 23.7 Å². The minimum absolute atomic E-state index is 0.150. The fourth-order valence-electron chi connectivity index (χ4n) is 3.50. The largest absolute Gasteiger partial charge is 0.457 e. The highest BCUT2D eigenvalue weighted by Gasteiger charge is 2.18. The summed E-state index contributed by atoms with van der Waals surface area (Å²) in [5.41, 5.74) is -2.01. The van der Waals surface area contributed by atoms with Crippen LogP contribution in [0.15, 0.2) is 69.0 Å². The Morgan fingerprint density at radius 3 is 2.26 bits per heavy atom. The van der Waals surface area contributed by atoms with Gasteiger partial charge in [-0.2, -0.15) is 0 Å². The molecule has 0 saturated carbocycles. The molecule has 1 N–H and O–H groups in total. The predicted molar refractivity (Wildman–Crippen MR) is 118 cm³/mol. The third kappa shape index (κ3) is 3.92. The lowest BCUT2D eigenvalue weighted by molar-refractivity contribution is 0.0244. The van der Waals surface area contributed by atoms with Gasteiger partial charge in [-0.15, -0.1) is 0 Å². The van der Waals surface area contributed by atoms with E-state index >= 15 is 0 Å². The van der Waals surface area contributed by atoms with Crippen LogP contribution in [0, 0.1) is 0 Å². The van der Waals surface area contributed by atoms with Crippen molar-refractivity contribution in [3.8, 4) is 0 Å². The smallest absolute Gasteiger partial charge is 0.338 e. The van der Waals surface area contributed by atoms with E-state index in [1.807, 2.05) is 36.4 Å². The van der Waals surface area contributed by atoms with Gasteiger partial charge in [0.1, 0.15) is 6.10 Å². The molecular weight excluding hydrogens is 398 g/mol. The number of fused-ring (bicyclic) bond motifs is 2. The highest BCUT2D eigenvalue weighted by molar-refractivity contribution is 6.01. The van der Waals surface area contributed by atoms with Gasteiger partial charge in [0.2, 0.25) is 0 Å². The summed E-state index contributed by atoms with van der Waals surface area (Å²) in [6.07, 6.45) is -0.324. The number of H-pyrrole nitrogens is 1. The predicted octanol–water partition coefficient (Wildman–Crippen LogP) is 2.18. The number of ether oxygens (including phenoxy) is 1. The molecule has 158 valence electrons. The number of carbonyl (C=O) groups excluding carboxylic acids is 1. The molecule has 4 aromatic rings. The van der Waals surface area contributed by atoms with Gasteiger partial charge in [0, 0.05) is 7.05 Å². The van der Waals surface area contributed by atoms with Crippen molar-refractivity contribution in [3.05, 3.63) is 91.6 Å². The van der Waals surface area contributed by atoms with Crippen LogP contribution in [0.3, 0.4) is 0 Å². The highest BCUT2D eigenvalue weighted by Crippen LogP contribution is 2.24. The van der Waals surface area contributed by atoms with Crippen LogP contribution in [0.2, 0.25) is 0 Å². The zero-order valence-corrected chi connectivity index (χ0v) is 17.1. The average Bonchev–Trinajstić information content (AvgIpc) is 2.77. The van der Waals surface area contributed by atoms with Crippen molar-refractivity contribution in [3.63, 3.8) is 0 Å². The Kier molecular flexibility index (Phi) is 5.29. The van der Waals surface area contributed by atoms with Gasteiger partial charge >= 0.3 is 23.0 Å². The van der Waals surface area contributed by atoms with Gasteiger partial charge in [0.25, 0.3) is 0 Å². The van der Waals surface area contributed by atoms with E-state index in [0.717, 1.165) is 30.7 Å². The Morgan fingerprint density at radius 1 is 0.935 bits per heavy atom. The molecule has 1 atom stereocenters. The number of esters is 1. The lowest BCUT2D eigenvalue weighted by Gasteiger charge is -2.17. The quantitative estimate of drug-likeness (QED) is 0.395. The van der Waals surface area contributed by atoms with E-state index in [0.29, 0.717) is 12.0 Å². The number of aromatic amines is 1. The molecule has 1 heterocycles. The Hall–Kier alpha value is -3.94. The lowest BCUT2D eigenvalue weighted by atomic mass is 10.0. The fraction of sp³-hybridized carbons (Fsp3) is 0.217. The van der Waals surface area contributed by atoms with Gasteiger partial charge in [0.05, 0.1) is 12.1 Å². The zero-order chi connectivity index (χ0) is 22.1. The summed E-state index contributed by atoms with van der Waals surface area (Å²) < 4.78 is 7.22. The summed E-state index contributed by atoms with van der Waals surface area (Å²) in [5, 5.41) is 4.10. The molecule has 8 heteroatoms. The molecule has 0 spiro atoms. The summed E-state index contributed by atoms with van der Waals surface area (Å²) in [4.78, 5) is 50.6. The van der Waals surface area contributed by atoms with E-state index in [1.54, 1.807) is 19.1 Å². The number of carbonyl (C=O) groups is 1. The molecule has 0 aliphatic heterocycles. The monoisotopic (exact) mass is 419 g/mol. The Bertz CT molecular complexity index is 1480. The van der Waals surface area contributed by atoms with E-state index in [1.165, 1.54) is 7.05 Å². The second-order valence-corrected chi connectivity index (χ2v) is 7.38. The first-order valence-corrected chi connectivity index (χ1v) is 9.91. The average molecular weight is 419 g/mol. The van der Waals surface area contributed by atoms with Crippen molar-refractivity contribution >= 4 is 27.5 Å². The second kappa shape index (κ2) is 8.06. The number of benzene rings is 3. The Balaban J connectivity index is 1.60. The molecule has 31 heavy (non-hydrogen) atoms. The third-order valence-corrected chi connectivity index (χ3v) is 5.34. The maximum absolute atomic E-state index is 12.8. The van der Waals surface area contributed by atoms with E-state index in [4.69, 9.17) is 4.74 Å². The summed E-state index contributed by atoms with van der Waals surface area (Å²) in [6, 6.07) is 17.4. The van der Waals surface area contributed by atoms with Crippen molar-refractivity contribution in [1.29, 1.82) is 0 Å². The summed E-state index contributed by atoms with van der Waals surface area (Å²) in [6.45, 7) is 1.63. The maximum atomic E-state index is 12.8. The van der Waals surface area contributed by atoms with Crippen molar-refractivity contribution in [1.82, 2.24) is 14.1 Å². The van der Waals surface area contributed by atoms with Crippen LogP contribution >= 0.6 is 0 Å². The zero-order valence-electron chi connectivity index (χ0n) is 17.1. The van der Waals surface area contributed by atoms with Crippen molar-refractivity contribution in [2.45, 2.75) is 26.0 Å². The Labute approximate surface area is 176 Å². The molecule has 4 rings (SSSR count). The highest BCUT2D eigenvalue weighted by atomic mass is 16.5. The van der Waals surface area contributed by atoms with Crippen LogP contribution in [-0.4, -0.2) is 26.2 Å². The minimum Gasteiger partial charge on any atom is -0.457 e. The number of nitrogens with one attached hydrogen (secondary N) is 1. The van der Waals surface area contributed by atoms with Crippen LogP contribution in [-0.2, 0) is 18.3 Å². The minimum atomic E-state index is -0.833. The summed E-state index contributed by atoms with van der Waals surface area (Å²) >= 11 is 0. The number of hydrogen-bond acceptors (Lipinski definition) is 5. The first kappa shape index (κ1) is 20.3. The van der Waals surface area contributed by atoms with Crippen LogP contribution < -0.4 is 17.1 Å². The summed E-state index contributed by atoms with van der Waals surface area (Å²) in [5.74, 6) is -0.545. The standard InChI is InChI=1S/C23H21N3O5/c1-3-19(13-26-22(29)24-21(28)25(2)23(26)30)31-20(27)17-9-8-16-10-14-6-4-5-7-15(14)11-18(16)12-17/h4-12,19H,3,13H2,1-2H3,(H,24,28,29). The lowest BCUT2D eigenvalue weighted by Crippen LogP contribution is -2.50. The normalized spacial score (nSPS) is 12.2. The molecule has 0 saturated heterocycles. The number of rotatable bonds is 5. The summed E-state index contributed by atoms with van der Waals surface area (Å²) in [7, 11) is 1.27. The first-order valence-electron chi connectivity index (χ1n) is 9.91. The van der Waals surface area contributed by atoms with Crippen molar-refractivity contribution < 1.29 is 9.53 Å². The van der Waals surface area contributed by atoms with Gasteiger partial charge in [-0.05, 0) is 52.2 Å². The SMILES string of the molecule is CCC(Cn1c(=O)[nH]c(=O)n(C)c1=O)OC(=O)c1ccc2cc3ccccc3cc2c1. The van der Waals surface area contributed by atoms with E-state index in [-0.39, 0.29) is 6.54 Å². The molecule has 3 aromatic carbocycles. The van der Waals surface area contributed by atoms with Gasteiger partial charge in [-0.25, -0.2) is 28.3 Å². The third-order valence-electron chi connectivity index (χ3n) is 5.34. The number of aromatic nitrogens is 3. The first-order chi connectivity index (χ1) is 14.9. The number of nitrogens with zero attached hydrogens (tertiary/aromatic N) is 2. The molecular formula is C23H21N3O5. The molecule has 1 unspecified atom stereocenters. The van der Waals surface area contributed by atoms with E-state index in [2.05, 4.69) is 11.1 Å². The van der Waals surface area contributed by atoms with Crippen LogP contribution in [0.25, 0.3) is 21.5 Å². The van der Waals surface area contributed by atoms with Gasteiger partial charge in [-0.1, -0.05) is 37.3 Å². The van der Waals surface area contributed by atoms with E-state index < -0.39 is 29.1 Å². The molecule has 0 radical (unpaired) electrons. The second-order valence-electron chi connectivity index (χ2n) is 7.38. The van der Waals surface area contributed by atoms with Crippen molar-refractivity contribution in [2.24, 2.45) is 7.05 Å². The molecule has 0 aliphatic carbocycles. The number of hydrogen-bond donors (Lipinski definition) is 1. The maximum Gasteiger partial charge on any atom is 0.338 e. The van der Waals surface area contributed by atoms with Gasteiger partial charge < -0.3 is 4.74 Å². The molecule has 1 aromatic heterocycles. The van der Waals surface area contributed by atoms with Crippen LogP contribution in [0.4, 0.5) is 0 Å². The topological polar surface area (TPSA) is 103 Å². The molecule has 8 nitrogen and oxygen atoms in total. The molecule has 0 amide bonds. The Morgan fingerprint density at radius 2 is 1.58 bits per heavy atom. The van der Waals surface area contributed by atoms with Crippen LogP contribution in [0.5, 0.6) is 0 Å². The van der Waals surface area contributed by atoms with E-state index in [9.17, 15) is 19.2 Å². The van der Waals surface area contributed by atoms with Crippen molar-refractivity contribution in [2.75, 3.05) is 0 Å². The van der Waals surface area contributed by atoms with Gasteiger partial charge in [0.15, 0.2) is 0 Å². The molecule has 0 aliphatic rings. The fourth-order valence-corrected chi connectivity index (χ4v) is 3.50. The molecule has 0 bridgehead atoms. The molecule has 0 fully saturated rings. The van der Waals surface area contributed by atoms with Gasteiger partial charge in [-0.3, -0.25) is 4.98 Å².